The minimum atomic E-state index is -1.22. The largest absolute Gasteiger partial charge is 0.465 e. The number of hydrogen-bond donors (Lipinski definition) is 0. The van der Waals surface area contributed by atoms with E-state index in [1.807, 2.05) is 0 Å². The molecular weight excluding hydrogens is 400 g/mol. The molecule has 0 atom stereocenters. The Morgan fingerprint density at radius 1 is 0.469 bits per heavy atom. The summed E-state index contributed by atoms with van der Waals surface area (Å²) in [6.07, 6.45) is 23.4. The van der Waals surface area contributed by atoms with Gasteiger partial charge in [-0.1, -0.05) is 123 Å². The Bertz CT molecular complexity index is 445. The van der Waals surface area contributed by atoms with Crippen molar-refractivity contribution in [1.82, 2.24) is 0 Å². The molecule has 0 spiro atoms. The Labute approximate surface area is 199 Å². The highest BCUT2D eigenvalue weighted by Gasteiger charge is 2.39. The van der Waals surface area contributed by atoms with E-state index >= 15 is 0 Å². The molecule has 32 heavy (non-hydrogen) atoms. The van der Waals surface area contributed by atoms with E-state index in [0.29, 0.717) is 13.2 Å². The van der Waals surface area contributed by atoms with E-state index in [9.17, 15) is 9.59 Å². The van der Waals surface area contributed by atoms with Gasteiger partial charge in [-0.15, -0.1) is 0 Å². The summed E-state index contributed by atoms with van der Waals surface area (Å²) in [6, 6.07) is 0. The minimum absolute atomic E-state index is 0.393. The first-order chi connectivity index (χ1) is 15.5. The number of ether oxygens (including phenoxy) is 2. The van der Waals surface area contributed by atoms with E-state index in [2.05, 4.69) is 13.8 Å². The van der Waals surface area contributed by atoms with Crippen molar-refractivity contribution >= 4 is 11.9 Å². The first-order valence-corrected chi connectivity index (χ1v) is 13.8. The van der Waals surface area contributed by atoms with Crippen LogP contribution in [0.4, 0.5) is 0 Å². The van der Waals surface area contributed by atoms with Crippen LogP contribution in [-0.4, -0.2) is 25.2 Å². The lowest BCUT2D eigenvalue weighted by Gasteiger charge is -2.20. The van der Waals surface area contributed by atoms with Crippen LogP contribution in [0.25, 0.3) is 0 Å². The van der Waals surface area contributed by atoms with E-state index in [0.717, 1.165) is 25.7 Å². The summed E-state index contributed by atoms with van der Waals surface area (Å²) in [4.78, 5) is 24.6. The molecule has 4 nitrogen and oxygen atoms in total. The lowest BCUT2D eigenvalue weighted by molar-refractivity contribution is -0.169. The fourth-order valence-corrected chi connectivity index (χ4v) is 3.78. The molecule has 0 radical (unpaired) electrons. The van der Waals surface area contributed by atoms with Crippen LogP contribution in [0.5, 0.6) is 0 Å². The summed E-state index contributed by atoms with van der Waals surface area (Å²) in [5, 5.41) is 0. The average molecular weight is 455 g/mol. The number of rotatable bonds is 23. The summed E-state index contributed by atoms with van der Waals surface area (Å²) in [6.45, 7) is 8.48. The van der Waals surface area contributed by atoms with E-state index < -0.39 is 17.4 Å². The van der Waals surface area contributed by atoms with Gasteiger partial charge in [0.1, 0.15) is 0 Å². The van der Waals surface area contributed by atoms with Crippen molar-refractivity contribution in [2.24, 2.45) is 5.41 Å². The molecule has 0 saturated heterocycles. The molecule has 4 heteroatoms. The Kier molecular flexibility index (Phi) is 21.0. The molecule has 0 N–H and O–H groups in total. The van der Waals surface area contributed by atoms with Crippen LogP contribution >= 0.6 is 0 Å². The van der Waals surface area contributed by atoms with E-state index in [1.165, 1.54) is 96.3 Å². The molecule has 0 aliphatic heterocycles. The van der Waals surface area contributed by atoms with Crippen molar-refractivity contribution in [2.45, 2.75) is 150 Å². The van der Waals surface area contributed by atoms with Gasteiger partial charge in [0.2, 0.25) is 0 Å². The van der Waals surface area contributed by atoms with Crippen LogP contribution < -0.4 is 0 Å². The van der Waals surface area contributed by atoms with Crippen LogP contribution in [0.15, 0.2) is 0 Å². The molecule has 0 aromatic heterocycles. The second kappa shape index (κ2) is 21.8. The summed E-state index contributed by atoms with van der Waals surface area (Å²) in [7, 11) is 0. The monoisotopic (exact) mass is 454 g/mol. The molecule has 0 unspecified atom stereocenters. The Morgan fingerprint density at radius 2 is 0.719 bits per heavy atom. The highest BCUT2D eigenvalue weighted by Crippen LogP contribution is 2.20. The SMILES string of the molecule is CCCCCCCCCCCCOC(=O)C(C)(C)C(=O)OCCCCCCCCCCC. The van der Waals surface area contributed by atoms with E-state index in [1.54, 1.807) is 13.8 Å². The molecule has 0 aliphatic rings. The van der Waals surface area contributed by atoms with Gasteiger partial charge in [-0.2, -0.15) is 0 Å². The van der Waals surface area contributed by atoms with Crippen molar-refractivity contribution in [1.29, 1.82) is 0 Å². The summed E-state index contributed by atoms with van der Waals surface area (Å²) < 4.78 is 10.7. The van der Waals surface area contributed by atoms with Crippen LogP contribution in [0.3, 0.4) is 0 Å². The molecule has 0 rings (SSSR count). The molecule has 0 heterocycles. The number of carbonyl (C=O) groups is 2. The van der Waals surface area contributed by atoms with E-state index in [4.69, 9.17) is 9.47 Å². The van der Waals surface area contributed by atoms with E-state index in [-0.39, 0.29) is 0 Å². The maximum Gasteiger partial charge on any atom is 0.322 e. The highest BCUT2D eigenvalue weighted by molar-refractivity contribution is 5.99. The van der Waals surface area contributed by atoms with Gasteiger partial charge < -0.3 is 9.47 Å². The van der Waals surface area contributed by atoms with Crippen LogP contribution in [-0.2, 0) is 19.1 Å². The summed E-state index contributed by atoms with van der Waals surface area (Å²) in [5.74, 6) is -0.935. The third kappa shape index (κ3) is 17.5. The maximum absolute atomic E-state index is 12.3. The fraction of sp³-hybridized carbons (Fsp3) is 0.929. The van der Waals surface area contributed by atoms with Crippen LogP contribution in [0, 0.1) is 5.41 Å². The van der Waals surface area contributed by atoms with Gasteiger partial charge >= 0.3 is 11.9 Å². The van der Waals surface area contributed by atoms with Gasteiger partial charge in [0.05, 0.1) is 13.2 Å². The lowest BCUT2D eigenvalue weighted by Crippen LogP contribution is -2.37. The zero-order valence-electron chi connectivity index (χ0n) is 22.0. The third-order valence-corrected chi connectivity index (χ3v) is 6.23. The maximum atomic E-state index is 12.3. The van der Waals surface area contributed by atoms with Gasteiger partial charge in [0, 0.05) is 0 Å². The molecule has 0 amide bonds. The number of hydrogen-bond acceptors (Lipinski definition) is 4. The van der Waals surface area contributed by atoms with Crippen LogP contribution in [0.2, 0.25) is 0 Å². The second-order valence-corrected chi connectivity index (χ2v) is 9.91. The van der Waals surface area contributed by atoms with Gasteiger partial charge in [-0.05, 0) is 26.7 Å². The van der Waals surface area contributed by atoms with Gasteiger partial charge in [-0.3, -0.25) is 9.59 Å². The predicted molar refractivity (Wildman–Crippen MR) is 135 cm³/mol. The number of carbonyl (C=O) groups excluding carboxylic acids is 2. The molecule has 0 aliphatic carbocycles. The summed E-state index contributed by atoms with van der Waals surface area (Å²) >= 11 is 0. The molecule has 0 aromatic rings. The minimum Gasteiger partial charge on any atom is -0.465 e. The molecule has 0 bridgehead atoms. The summed E-state index contributed by atoms with van der Waals surface area (Å²) in [5.41, 5.74) is -1.22. The van der Waals surface area contributed by atoms with Crippen molar-refractivity contribution in [3.63, 3.8) is 0 Å². The molecule has 0 fully saturated rings. The topological polar surface area (TPSA) is 52.6 Å². The zero-order valence-corrected chi connectivity index (χ0v) is 22.0. The number of unbranched alkanes of at least 4 members (excludes halogenated alkanes) is 17. The second-order valence-electron chi connectivity index (χ2n) is 9.91. The standard InChI is InChI=1S/C28H54O4/c1-5-7-9-11-13-15-17-19-21-23-25-32-27(30)28(3,4)26(29)31-24-22-20-18-16-14-12-10-8-6-2/h5-25H2,1-4H3. The van der Waals surface area contributed by atoms with Gasteiger partial charge in [-0.25, -0.2) is 0 Å². The quantitative estimate of drug-likeness (QED) is 0.0881. The first kappa shape index (κ1) is 30.9. The fourth-order valence-electron chi connectivity index (χ4n) is 3.78. The molecule has 190 valence electrons. The third-order valence-electron chi connectivity index (χ3n) is 6.23. The van der Waals surface area contributed by atoms with Crippen molar-refractivity contribution in [2.75, 3.05) is 13.2 Å². The Morgan fingerprint density at radius 3 is 1.00 bits per heavy atom. The smallest absolute Gasteiger partial charge is 0.322 e. The Balaban J connectivity index is 3.67. The normalized spacial score (nSPS) is 11.5. The average Bonchev–Trinajstić information content (AvgIpc) is 2.78. The van der Waals surface area contributed by atoms with Crippen molar-refractivity contribution in [3.8, 4) is 0 Å². The van der Waals surface area contributed by atoms with Crippen molar-refractivity contribution in [3.05, 3.63) is 0 Å². The zero-order chi connectivity index (χ0) is 23.9. The molecule has 0 saturated carbocycles. The lowest BCUT2D eigenvalue weighted by atomic mass is 9.94. The number of esters is 2. The molecule has 0 aromatic carbocycles. The molecular formula is C28H54O4. The highest BCUT2D eigenvalue weighted by atomic mass is 16.6. The van der Waals surface area contributed by atoms with Crippen molar-refractivity contribution < 1.29 is 19.1 Å². The van der Waals surface area contributed by atoms with Gasteiger partial charge in [0.25, 0.3) is 0 Å². The van der Waals surface area contributed by atoms with Gasteiger partial charge in [0.15, 0.2) is 5.41 Å². The predicted octanol–water partition coefficient (Wildman–Crippen LogP) is 8.55. The Hall–Kier alpha value is -1.06. The first-order valence-electron chi connectivity index (χ1n) is 13.8. The van der Waals surface area contributed by atoms with Crippen LogP contribution in [0.1, 0.15) is 150 Å².